The molecule has 4 bridgehead atoms. The summed E-state index contributed by atoms with van der Waals surface area (Å²) in [6.07, 6.45) is 25.6. The van der Waals surface area contributed by atoms with Gasteiger partial charge in [-0.15, -0.1) is 0 Å². The van der Waals surface area contributed by atoms with Crippen molar-refractivity contribution >= 4 is 17.3 Å². The molecule has 46 heavy (non-hydrogen) atoms. The quantitative estimate of drug-likeness (QED) is 0.0723. The molecular weight excluding hydrogens is 576 g/mol. The molecule has 0 radical (unpaired) electrons. The summed E-state index contributed by atoms with van der Waals surface area (Å²) in [6, 6.07) is 0. The van der Waals surface area contributed by atoms with Crippen molar-refractivity contribution in [1.82, 2.24) is 0 Å². The predicted octanol–water partition coefficient (Wildman–Crippen LogP) is 10.2. The zero-order valence-corrected chi connectivity index (χ0v) is 30.2. The SMILES string of the molecule is CCCCCC(=O)CCCCOC12CC3CC(OCCCCC(=O)CCCCC)(C1)CC(OCCCCC(=O)CCCCC)(C3)C2. The van der Waals surface area contributed by atoms with Crippen LogP contribution in [0.25, 0.3) is 0 Å². The molecule has 0 unspecified atom stereocenters. The maximum atomic E-state index is 12.3. The van der Waals surface area contributed by atoms with Crippen molar-refractivity contribution in [3.05, 3.63) is 0 Å². The molecule has 4 rings (SSSR count). The zero-order valence-electron chi connectivity index (χ0n) is 30.2. The van der Waals surface area contributed by atoms with Gasteiger partial charge in [0.2, 0.25) is 0 Å². The van der Waals surface area contributed by atoms with Gasteiger partial charge in [-0.3, -0.25) is 14.4 Å². The summed E-state index contributed by atoms with van der Waals surface area (Å²) >= 11 is 0. The van der Waals surface area contributed by atoms with Crippen LogP contribution in [-0.2, 0) is 28.6 Å². The van der Waals surface area contributed by atoms with Gasteiger partial charge in [-0.1, -0.05) is 59.3 Å². The van der Waals surface area contributed by atoms with Crippen molar-refractivity contribution in [3.8, 4) is 0 Å². The second kappa shape index (κ2) is 21.1. The van der Waals surface area contributed by atoms with Crippen molar-refractivity contribution in [2.24, 2.45) is 5.92 Å². The van der Waals surface area contributed by atoms with Crippen LogP contribution in [0.2, 0.25) is 0 Å². The largest absolute Gasteiger partial charge is 0.375 e. The Bertz CT molecular complexity index is 776. The molecule has 0 heterocycles. The van der Waals surface area contributed by atoms with Crippen LogP contribution >= 0.6 is 0 Å². The van der Waals surface area contributed by atoms with Gasteiger partial charge in [0, 0.05) is 77.6 Å². The first-order valence-corrected chi connectivity index (χ1v) is 19.7. The van der Waals surface area contributed by atoms with Crippen LogP contribution in [-0.4, -0.2) is 54.0 Å². The van der Waals surface area contributed by atoms with E-state index in [0.717, 1.165) is 154 Å². The molecule has 0 aromatic carbocycles. The average Bonchev–Trinajstić information content (AvgIpc) is 3.00. The van der Waals surface area contributed by atoms with Gasteiger partial charge >= 0.3 is 0 Å². The van der Waals surface area contributed by atoms with Gasteiger partial charge in [-0.25, -0.2) is 0 Å². The number of carbonyl (C=O) groups excluding carboxylic acids is 3. The molecule has 0 aromatic rings. The highest BCUT2D eigenvalue weighted by Gasteiger charge is 2.65. The summed E-state index contributed by atoms with van der Waals surface area (Å²) in [5, 5.41) is 0. The van der Waals surface area contributed by atoms with Gasteiger partial charge in [0.1, 0.15) is 17.3 Å². The molecule has 0 saturated heterocycles. The van der Waals surface area contributed by atoms with E-state index in [-0.39, 0.29) is 16.8 Å². The molecule has 266 valence electrons. The monoisotopic (exact) mass is 647 g/mol. The van der Waals surface area contributed by atoms with Gasteiger partial charge in [0.25, 0.3) is 0 Å². The van der Waals surface area contributed by atoms with Gasteiger partial charge in [-0.2, -0.15) is 0 Å². The topological polar surface area (TPSA) is 78.9 Å². The minimum atomic E-state index is -0.213. The van der Waals surface area contributed by atoms with E-state index >= 15 is 0 Å². The summed E-state index contributed by atoms with van der Waals surface area (Å²) < 4.78 is 20.5. The first kappa shape index (κ1) is 39.3. The second-order valence-electron chi connectivity index (χ2n) is 15.5. The lowest BCUT2D eigenvalue weighted by Crippen LogP contribution is -2.68. The predicted molar refractivity (Wildman–Crippen MR) is 186 cm³/mol. The summed E-state index contributed by atoms with van der Waals surface area (Å²) in [6.45, 7) is 8.61. The Labute approximate surface area is 282 Å². The minimum absolute atomic E-state index is 0.213. The number of rotatable bonds is 30. The van der Waals surface area contributed by atoms with Crippen LogP contribution in [0.15, 0.2) is 0 Å². The van der Waals surface area contributed by atoms with Crippen molar-refractivity contribution in [1.29, 1.82) is 0 Å². The first-order chi connectivity index (χ1) is 22.3. The summed E-state index contributed by atoms with van der Waals surface area (Å²) in [5.41, 5.74) is -0.640. The lowest BCUT2D eigenvalue weighted by molar-refractivity contribution is -0.291. The second-order valence-corrected chi connectivity index (χ2v) is 15.5. The Kier molecular flexibility index (Phi) is 18.0. The third kappa shape index (κ3) is 13.8. The normalized spacial score (nSPS) is 26.5. The number of unbranched alkanes of at least 4 members (excludes halogenated alkanes) is 9. The Balaban J connectivity index is 1.51. The van der Waals surface area contributed by atoms with E-state index in [2.05, 4.69) is 20.8 Å². The van der Waals surface area contributed by atoms with Crippen LogP contribution in [0.3, 0.4) is 0 Å². The minimum Gasteiger partial charge on any atom is -0.375 e. The van der Waals surface area contributed by atoms with Crippen molar-refractivity contribution in [3.63, 3.8) is 0 Å². The van der Waals surface area contributed by atoms with E-state index in [4.69, 9.17) is 14.2 Å². The Morgan fingerprint density at radius 3 is 0.957 bits per heavy atom. The van der Waals surface area contributed by atoms with Crippen LogP contribution < -0.4 is 0 Å². The highest BCUT2D eigenvalue weighted by Crippen LogP contribution is 2.63. The lowest BCUT2D eigenvalue weighted by atomic mass is 9.50. The van der Waals surface area contributed by atoms with Gasteiger partial charge in [0.15, 0.2) is 0 Å². The molecule has 6 nitrogen and oxygen atoms in total. The third-order valence-electron chi connectivity index (χ3n) is 10.9. The lowest BCUT2D eigenvalue weighted by Gasteiger charge is -2.65. The number of hydrogen-bond acceptors (Lipinski definition) is 6. The molecule has 4 aliphatic carbocycles. The molecule has 0 N–H and O–H groups in total. The van der Waals surface area contributed by atoms with E-state index in [0.29, 0.717) is 62.4 Å². The Morgan fingerprint density at radius 2 is 0.696 bits per heavy atom. The van der Waals surface area contributed by atoms with Crippen LogP contribution in [0, 0.1) is 5.92 Å². The molecule has 0 atom stereocenters. The Hall–Kier alpha value is -1.11. The molecule has 0 aromatic heterocycles. The van der Waals surface area contributed by atoms with Crippen molar-refractivity contribution in [2.45, 2.75) is 211 Å². The molecule has 4 fully saturated rings. The van der Waals surface area contributed by atoms with E-state index in [9.17, 15) is 14.4 Å². The standard InChI is InChI=1S/C40H70O6/c1-4-7-10-19-35(41)22-13-16-25-44-38-28-34-29-39(31-38,45-26-17-14-23-36(42)20-11-8-5-2)33-40(30-34,32-38)46-27-18-15-24-37(43)21-12-9-6-3/h34H,4-33H2,1-3H3. The summed E-state index contributed by atoms with van der Waals surface area (Å²) in [5.74, 6) is 1.73. The molecule has 6 heteroatoms. The molecule has 4 aliphatic rings. The zero-order chi connectivity index (χ0) is 33.1. The highest BCUT2D eigenvalue weighted by molar-refractivity contribution is 5.78. The van der Waals surface area contributed by atoms with E-state index in [1.165, 1.54) is 0 Å². The van der Waals surface area contributed by atoms with Gasteiger partial charge in [0.05, 0.1) is 16.8 Å². The molecule has 0 aliphatic heterocycles. The number of Topliss-reactive ketones (excluding diaryl/α,β-unsaturated/α-hetero) is 3. The van der Waals surface area contributed by atoms with E-state index < -0.39 is 0 Å². The van der Waals surface area contributed by atoms with E-state index in [1.807, 2.05) is 0 Å². The molecule has 4 saturated carbocycles. The van der Waals surface area contributed by atoms with Crippen LogP contribution in [0.4, 0.5) is 0 Å². The summed E-state index contributed by atoms with van der Waals surface area (Å²) in [7, 11) is 0. The van der Waals surface area contributed by atoms with E-state index in [1.54, 1.807) is 0 Å². The van der Waals surface area contributed by atoms with Crippen LogP contribution in [0.1, 0.15) is 194 Å². The van der Waals surface area contributed by atoms with Crippen molar-refractivity contribution in [2.75, 3.05) is 19.8 Å². The summed E-state index contributed by atoms with van der Waals surface area (Å²) in [4.78, 5) is 36.8. The number of ketones is 3. The van der Waals surface area contributed by atoms with Gasteiger partial charge < -0.3 is 14.2 Å². The Morgan fingerprint density at radius 1 is 0.435 bits per heavy atom. The maximum absolute atomic E-state index is 12.3. The smallest absolute Gasteiger partial charge is 0.132 e. The maximum Gasteiger partial charge on any atom is 0.132 e. The van der Waals surface area contributed by atoms with Crippen molar-refractivity contribution < 1.29 is 28.6 Å². The highest BCUT2D eigenvalue weighted by atomic mass is 16.5. The average molecular weight is 647 g/mol. The number of hydrogen-bond donors (Lipinski definition) is 0. The van der Waals surface area contributed by atoms with Crippen LogP contribution in [0.5, 0.6) is 0 Å². The molecule has 0 spiro atoms. The molecule has 0 amide bonds. The fourth-order valence-electron chi connectivity index (χ4n) is 8.89. The third-order valence-corrected chi connectivity index (χ3v) is 10.9. The molecular formula is C40H70O6. The fraction of sp³-hybridized carbons (Fsp3) is 0.925. The van der Waals surface area contributed by atoms with Gasteiger partial charge in [-0.05, 0) is 83.0 Å². The number of ether oxygens (including phenoxy) is 3. The number of carbonyl (C=O) groups is 3. The fourth-order valence-corrected chi connectivity index (χ4v) is 8.89. The first-order valence-electron chi connectivity index (χ1n) is 19.7.